The number of likely N-dealkylation sites (tertiary alicyclic amines) is 1. The predicted octanol–water partition coefficient (Wildman–Crippen LogP) is 0.305. The minimum atomic E-state index is -1.34. The van der Waals surface area contributed by atoms with Crippen LogP contribution in [0.1, 0.15) is 23.2 Å². The maximum absolute atomic E-state index is 12.2. The van der Waals surface area contributed by atoms with Gasteiger partial charge in [0.15, 0.2) is 6.61 Å². The molecule has 0 aliphatic carbocycles. The van der Waals surface area contributed by atoms with Gasteiger partial charge in [-0.05, 0) is 25.0 Å². The minimum Gasteiger partial charge on any atom is -0.452 e. The van der Waals surface area contributed by atoms with Crippen molar-refractivity contribution in [3.05, 3.63) is 29.8 Å². The number of carbonyl (C=O) groups is 3. The minimum absolute atomic E-state index is 0.180. The van der Waals surface area contributed by atoms with Crippen molar-refractivity contribution >= 4 is 28.6 Å². The summed E-state index contributed by atoms with van der Waals surface area (Å²) in [5.74, 6) is -1.85. The number of nitrogens with two attached hydrogens (primary N) is 1. The topological polar surface area (TPSA) is 107 Å². The molecule has 1 aromatic rings. The van der Waals surface area contributed by atoms with Crippen LogP contribution in [0.15, 0.2) is 29.2 Å². The average Bonchev–Trinajstić information content (AvgIpc) is 2.59. The molecular weight excluding hydrogens is 332 g/mol. The Morgan fingerprint density at radius 2 is 2.04 bits per heavy atom. The predicted molar refractivity (Wildman–Crippen MR) is 87.6 cm³/mol. The number of primary amides is 1. The monoisotopic (exact) mass is 352 g/mol. The first-order valence-corrected chi connectivity index (χ1v) is 9.12. The molecule has 2 atom stereocenters. The van der Waals surface area contributed by atoms with Crippen LogP contribution in [0, 0.1) is 5.92 Å². The summed E-state index contributed by atoms with van der Waals surface area (Å²) in [4.78, 5) is 37.4. The summed E-state index contributed by atoms with van der Waals surface area (Å²) >= 11 is 0. The molecule has 130 valence electrons. The van der Waals surface area contributed by atoms with Crippen LogP contribution in [-0.4, -0.2) is 52.8 Å². The van der Waals surface area contributed by atoms with E-state index in [1.165, 1.54) is 17.2 Å². The molecule has 1 aliphatic heterocycles. The summed E-state index contributed by atoms with van der Waals surface area (Å²) in [5, 5.41) is 0. The Morgan fingerprint density at radius 3 is 2.71 bits per heavy atom. The highest BCUT2D eigenvalue weighted by molar-refractivity contribution is 7.84. The zero-order valence-corrected chi connectivity index (χ0v) is 14.2. The largest absolute Gasteiger partial charge is 0.452 e. The van der Waals surface area contributed by atoms with Crippen molar-refractivity contribution in [2.45, 2.75) is 17.7 Å². The van der Waals surface area contributed by atoms with Gasteiger partial charge >= 0.3 is 5.97 Å². The lowest BCUT2D eigenvalue weighted by molar-refractivity contribution is -0.137. The molecule has 24 heavy (non-hydrogen) atoms. The molecule has 0 aromatic heterocycles. The van der Waals surface area contributed by atoms with Crippen molar-refractivity contribution in [3.8, 4) is 0 Å². The van der Waals surface area contributed by atoms with Gasteiger partial charge in [-0.25, -0.2) is 4.79 Å². The fourth-order valence-corrected chi connectivity index (χ4v) is 3.35. The molecule has 2 amide bonds. The van der Waals surface area contributed by atoms with Gasteiger partial charge in [-0.1, -0.05) is 12.1 Å². The first-order valence-electron chi connectivity index (χ1n) is 7.57. The fraction of sp³-hybridized carbons (Fsp3) is 0.438. The molecule has 0 unspecified atom stereocenters. The van der Waals surface area contributed by atoms with Crippen molar-refractivity contribution in [2.75, 3.05) is 26.0 Å². The number of esters is 1. The Morgan fingerprint density at radius 1 is 1.33 bits per heavy atom. The Hall–Kier alpha value is -2.22. The smallest absolute Gasteiger partial charge is 0.339 e. The van der Waals surface area contributed by atoms with E-state index in [0.29, 0.717) is 24.3 Å². The van der Waals surface area contributed by atoms with E-state index in [9.17, 15) is 18.6 Å². The van der Waals surface area contributed by atoms with Gasteiger partial charge in [0.2, 0.25) is 5.91 Å². The third-order valence-corrected chi connectivity index (χ3v) is 4.90. The number of benzene rings is 1. The third-order valence-electron chi connectivity index (χ3n) is 3.92. The Kier molecular flexibility index (Phi) is 6.08. The molecule has 1 aromatic carbocycles. The van der Waals surface area contributed by atoms with E-state index < -0.39 is 29.3 Å². The lowest BCUT2D eigenvalue weighted by atomic mass is 9.97. The van der Waals surface area contributed by atoms with Crippen molar-refractivity contribution in [1.82, 2.24) is 4.90 Å². The van der Waals surface area contributed by atoms with Crippen molar-refractivity contribution in [3.63, 3.8) is 0 Å². The number of rotatable bonds is 5. The summed E-state index contributed by atoms with van der Waals surface area (Å²) in [6, 6.07) is 6.40. The maximum Gasteiger partial charge on any atom is 0.339 e. The standard InChI is InChI=1S/C16H20N2O5S/c1-24(22)13-7-3-2-6-12(13)16(21)23-10-14(19)18-8-4-5-11(9-18)15(17)20/h2-3,6-7,11H,4-5,8-10H2,1H3,(H2,17,20)/t11-,24+/m1/s1. The second kappa shape index (κ2) is 8.05. The van der Waals surface area contributed by atoms with Gasteiger partial charge in [0.1, 0.15) is 0 Å². The van der Waals surface area contributed by atoms with Crippen LogP contribution in [0.3, 0.4) is 0 Å². The van der Waals surface area contributed by atoms with Crippen LogP contribution in [0.5, 0.6) is 0 Å². The van der Waals surface area contributed by atoms with Gasteiger partial charge in [0.05, 0.1) is 27.2 Å². The van der Waals surface area contributed by atoms with Gasteiger partial charge in [0, 0.05) is 19.3 Å². The van der Waals surface area contributed by atoms with Gasteiger partial charge in [0.25, 0.3) is 5.91 Å². The molecule has 1 saturated heterocycles. The molecule has 2 N–H and O–H groups in total. The molecule has 7 nitrogen and oxygen atoms in total. The number of ether oxygens (including phenoxy) is 1. The number of nitrogens with zero attached hydrogens (tertiary/aromatic N) is 1. The molecular formula is C16H20N2O5S. The molecule has 0 bridgehead atoms. The summed E-state index contributed by atoms with van der Waals surface area (Å²) in [6.45, 7) is 0.339. The van der Waals surface area contributed by atoms with Crippen molar-refractivity contribution in [1.29, 1.82) is 0 Å². The van der Waals surface area contributed by atoms with Gasteiger partial charge < -0.3 is 15.4 Å². The normalized spacial score (nSPS) is 18.7. The summed E-state index contributed by atoms with van der Waals surface area (Å²) < 4.78 is 16.7. The lowest BCUT2D eigenvalue weighted by Crippen LogP contribution is -2.45. The van der Waals surface area contributed by atoms with E-state index in [1.807, 2.05) is 0 Å². The zero-order valence-electron chi connectivity index (χ0n) is 13.4. The lowest BCUT2D eigenvalue weighted by Gasteiger charge is -2.31. The molecule has 0 spiro atoms. The van der Waals surface area contributed by atoms with E-state index in [4.69, 9.17) is 10.5 Å². The first kappa shape index (κ1) is 18.1. The van der Waals surface area contributed by atoms with Crippen LogP contribution in [0.4, 0.5) is 0 Å². The molecule has 8 heteroatoms. The molecule has 2 rings (SSSR count). The summed E-state index contributed by atoms with van der Waals surface area (Å²) in [7, 11) is -1.34. The third kappa shape index (κ3) is 4.41. The Labute approximate surface area is 142 Å². The number of hydrogen-bond acceptors (Lipinski definition) is 5. The second-order valence-corrected chi connectivity index (χ2v) is 6.96. The van der Waals surface area contributed by atoms with Crippen molar-refractivity contribution < 1.29 is 23.3 Å². The Balaban J connectivity index is 1.95. The highest BCUT2D eigenvalue weighted by Crippen LogP contribution is 2.17. The van der Waals surface area contributed by atoms with Crippen molar-refractivity contribution in [2.24, 2.45) is 11.7 Å². The van der Waals surface area contributed by atoms with E-state index in [0.717, 1.165) is 0 Å². The molecule has 1 aliphatic rings. The van der Waals surface area contributed by atoms with E-state index >= 15 is 0 Å². The first-order chi connectivity index (χ1) is 11.4. The van der Waals surface area contributed by atoms with Crippen LogP contribution >= 0.6 is 0 Å². The number of carbonyl (C=O) groups excluding carboxylic acids is 3. The van der Waals surface area contributed by atoms with E-state index in [1.54, 1.807) is 18.2 Å². The summed E-state index contributed by atoms with van der Waals surface area (Å²) in [6.07, 6.45) is 2.81. The van der Waals surface area contributed by atoms with Gasteiger partial charge in [-0.3, -0.25) is 13.8 Å². The number of piperidine rings is 1. The van der Waals surface area contributed by atoms with Crippen LogP contribution in [-0.2, 0) is 25.1 Å². The van der Waals surface area contributed by atoms with Crippen LogP contribution < -0.4 is 5.73 Å². The van der Waals surface area contributed by atoms with Crippen LogP contribution in [0.2, 0.25) is 0 Å². The zero-order chi connectivity index (χ0) is 17.7. The average molecular weight is 352 g/mol. The van der Waals surface area contributed by atoms with Crippen LogP contribution in [0.25, 0.3) is 0 Å². The van der Waals surface area contributed by atoms with Gasteiger partial charge in [-0.15, -0.1) is 0 Å². The number of amides is 2. The summed E-state index contributed by atoms with van der Waals surface area (Å²) in [5.41, 5.74) is 5.46. The highest BCUT2D eigenvalue weighted by atomic mass is 32.2. The quantitative estimate of drug-likeness (QED) is 0.767. The second-order valence-electron chi connectivity index (χ2n) is 5.61. The molecule has 0 radical (unpaired) electrons. The van der Waals surface area contributed by atoms with E-state index in [-0.39, 0.29) is 23.9 Å². The Bertz CT molecular complexity index is 676. The maximum atomic E-state index is 12.2. The molecule has 0 saturated carbocycles. The fourth-order valence-electron chi connectivity index (χ4n) is 2.62. The molecule has 1 heterocycles. The highest BCUT2D eigenvalue weighted by Gasteiger charge is 2.27. The van der Waals surface area contributed by atoms with Gasteiger partial charge in [-0.2, -0.15) is 0 Å². The van der Waals surface area contributed by atoms with E-state index in [2.05, 4.69) is 0 Å². The SMILES string of the molecule is C[S@](=O)c1ccccc1C(=O)OCC(=O)N1CCC[C@@H](C(N)=O)C1. The number of hydrogen-bond donors (Lipinski definition) is 1. The molecule has 1 fully saturated rings.